The fourth-order valence-electron chi connectivity index (χ4n) is 5.44. The highest BCUT2D eigenvalue weighted by molar-refractivity contribution is 5.85. The van der Waals surface area contributed by atoms with Crippen LogP contribution in [-0.2, 0) is 11.3 Å². The third-order valence-corrected chi connectivity index (χ3v) is 7.50. The van der Waals surface area contributed by atoms with E-state index in [2.05, 4.69) is 87.5 Å². The minimum Gasteiger partial charge on any atom is -0.368 e. The molecule has 0 bridgehead atoms. The summed E-state index contributed by atoms with van der Waals surface area (Å²) in [6, 6.07) is 25.9. The van der Waals surface area contributed by atoms with Crippen LogP contribution in [0.4, 0.5) is 5.69 Å². The summed E-state index contributed by atoms with van der Waals surface area (Å²) < 4.78 is 0. The van der Waals surface area contributed by atoms with Gasteiger partial charge in [-0.1, -0.05) is 60.7 Å². The van der Waals surface area contributed by atoms with Gasteiger partial charge in [0.2, 0.25) is 5.91 Å². The number of piperazine rings is 1. The van der Waals surface area contributed by atoms with Gasteiger partial charge in [-0.05, 0) is 66.7 Å². The van der Waals surface area contributed by atoms with Crippen LogP contribution in [0.2, 0.25) is 0 Å². The Morgan fingerprint density at radius 1 is 0.758 bits per heavy atom. The molecule has 0 aliphatic carbocycles. The summed E-state index contributed by atoms with van der Waals surface area (Å²) in [5.41, 5.74) is 2.69. The second-order valence-electron chi connectivity index (χ2n) is 9.60. The third-order valence-electron chi connectivity index (χ3n) is 7.50. The van der Waals surface area contributed by atoms with Crippen LogP contribution in [0.5, 0.6) is 0 Å². The lowest BCUT2D eigenvalue weighted by molar-refractivity contribution is -0.131. The number of fused-ring (bicyclic) bond motifs is 1. The summed E-state index contributed by atoms with van der Waals surface area (Å²) in [6.07, 6.45) is 4.17. The fraction of sp³-hybridized carbons (Fsp3) is 0.414. The van der Waals surface area contributed by atoms with Gasteiger partial charge in [0.25, 0.3) is 0 Å². The molecule has 2 aliphatic heterocycles. The van der Waals surface area contributed by atoms with E-state index in [0.717, 1.165) is 52.2 Å². The Bertz CT molecular complexity index is 1050. The molecule has 2 saturated heterocycles. The van der Waals surface area contributed by atoms with E-state index in [1.807, 2.05) is 0 Å². The minimum atomic E-state index is 0.348. The Hall–Kier alpha value is -2.85. The van der Waals surface area contributed by atoms with Crippen LogP contribution in [0.1, 0.15) is 31.2 Å². The summed E-state index contributed by atoms with van der Waals surface area (Å²) in [6.45, 7) is 6.85. The van der Waals surface area contributed by atoms with E-state index in [9.17, 15) is 4.79 Å². The fourth-order valence-corrected chi connectivity index (χ4v) is 5.44. The van der Waals surface area contributed by atoms with E-state index in [1.54, 1.807) is 0 Å². The number of anilines is 1. The maximum Gasteiger partial charge on any atom is 0.222 e. The van der Waals surface area contributed by atoms with Gasteiger partial charge in [0, 0.05) is 44.8 Å². The summed E-state index contributed by atoms with van der Waals surface area (Å²) in [4.78, 5) is 19.9. The van der Waals surface area contributed by atoms with Crippen molar-refractivity contribution < 1.29 is 4.79 Å². The number of para-hydroxylation sites is 1. The average molecular weight is 442 g/mol. The Balaban J connectivity index is 1.04. The van der Waals surface area contributed by atoms with Crippen molar-refractivity contribution in [1.29, 1.82) is 0 Å². The van der Waals surface area contributed by atoms with Crippen LogP contribution in [0, 0.1) is 5.92 Å². The lowest BCUT2D eigenvalue weighted by Crippen LogP contribution is -2.48. The van der Waals surface area contributed by atoms with Crippen molar-refractivity contribution in [2.75, 3.05) is 44.2 Å². The van der Waals surface area contributed by atoms with E-state index in [4.69, 9.17) is 0 Å². The smallest absolute Gasteiger partial charge is 0.222 e. The summed E-state index contributed by atoms with van der Waals surface area (Å²) in [5, 5.41) is 2.70. The SMILES string of the molecule is O=C(CCC1CCN(Cc2cccc3ccccc23)CC1)N1CCN(c2ccccc2)CC1. The van der Waals surface area contributed by atoms with E-state index < -0.39 is 0 Å². The molecule has 1 amide bonds. The molecule has 0 spiro atoms. The van der Waals surface area contributed by atoms with Crippen molar-refractivity contribution in [3.8, 4) is 0 Å². The minimum absolute atomic E-state index is 0.348. The molecule has 0 N–H and O–H groups in total. The monoisotopic (exact) mass is 441 g/mol. The number of hydrogen-bond donors (Lipinski definition) is 0. The molecule has 2 heterocycles. The molecule has 2 fully saturated rings. The van der Waals surface area contributed by atoms with Crippen molar-refractivity contribution in [2.24, 2.45) is 5.92 Å². The van der Waals surface area contributed by atoms with E-state index in [0.29, 0.717) is 18.2 Å². The van der Waals surface area contributed by atoms with Gasteiger partial charge < -0.3 is 9.80 Å². The number of rotatable bonds is 6. The van der Waals surface area contributed by atoms with Crippen molar-refractivity contribution in [3.63, 3.8) is 0 Å². The lowest BCUT2D eigenvalue weighted by Gasteiger charge is -2.36. The Morgan fingerprint density at radius 2 is 1.45 bits per heavy atom. The Labute approximate surface area is 197 Å². The quantitative estimate of drug-likeness (QED) is 0.527. The highest BCUT2D eigenvalue weighted by Crippen LogP contribution is 2.26. The molecular weight excluding hydrogens is 406 g/mol. The summed E-state index contributed by atoms with van der Waals surface area (Å²) >= 11 is 0. The van der Waals surface area contributed by atoms with Crippen molar-refractivity contribution >= 4 is 22.4 Å². The molecule has 0 unspecified atom stereocenters. The van der Waals surface area contributed by atoms with E-state index in [1.165, 1.54) is 34.9 Å². The predicted octanol–water partition coefficient (Wildman–Crippen LogP) is 5.18. The summed E-state index contributed by atoms with van der Waals surface area (Å²) in [5.74, 6) is 1.03. The van der Waals surface area contributed by atoms with Gasteiger partial charge in [-0.25, -0.2) is 0 Å². The van der Waals surface area contributed by atoms with Crippen molar-refractivity contribution in [1.82, 2.24) is 9.80 Å². The second kappa shape index (κ2) is 10.4. The first-order valence-corrected chi connectivity index (χ1v) is 12.5. The lowest BCUT2D eigenvalue weighted by atomic mass is 9.91. The molecule has 0 saturated carbocycles. The molecule has 3 aromatic rings. The largest absolute Gasteiger partial charge is 0.368 e. The number of benzene rings is 3. The molecular formula is C29H35N3O. The maximum absolute atomic E-state index is 12.8. The molecule has 4 heteroatoms. The standard InChI is InChI=1S/C29H35N3O/c33-29(32-21-19-31(20-22-32)27-10-2-1-3-11-27)14-13-24-15-17-30(18-16-24)23-26-9-6-8-25-7-4-5-12-28(25)26/h1-12,24H,13-23H2. The zero-order chi connectivity index (χ0) is 22.5. The Morgan fingerprint density at radius 3 is 2.24 bits per heavy atom. The van der Waals surface area contributed by atoms with Gasteiger partial charge in [-0.2, -0.15) is 0 Å². The molecule has 0 radical (unpaired) electrons. The van der Waals surface area contributed by atoms with Crippen LogP contribution < -0.4 is 4.90 Å². The Kier molecular flexibility index (Phi) is 6.92. The normalized spacial score (nSPS) is 18.1. The molecule has 0 aromatic heterocycles. The number of hydrogen-bond acceptors (Lipinski definition) is 3. The number of nitrogens with zero attached hydrogens (tertiary/aromatic N) is 3. The first kappa shape index (κ1) is 22.0. The van der Waals surface area contributed by atoms with Crippen molar-refractivity contribution in [2.45, 2.75) is 32.2 Å². The molecule has 0 atom stereocenters. The zero-order valence-electron chi connectivity index (χ0n) is 19.5. The van der Waals surface area contributed by atoms with Gasteiger partial charge in [0.05, 0.1) is 0 Å². The van der Waals surface area contributed by atoms with Crippen LogP contribution in [0.15, 0.2) is 72.8 Å². The molecule has 4 nitrogen and oxygen atoms in total. The van der Waals surface area contributed by atoms with Crippen LogP contribution in [-0.4, -0.2) is 55.0 Å². The van der Waals surface area contributed by atoms with Crippen molar-refractivity contribution in [3.05, 3.63) is 78.4 Å². The van der Waals surface area contributed by atoms with E-state index in [-0.39, 0.29) is 0 Å². The third kappa shape index (κ3) is 5.39. The molecule has 5 rings (SSSR count). The number of piperidine rings is 1. The van der Waals surface area contributed by atoms with Gasteiger partial charge >= 0.3 is 0 Å². The molecule has 33 heavy (non-hydrogen) atoms. The number of likely N-dealkylation sites (tertiary alicyclic amines) is 1. The predicted molar refractivity (Wildman–Crippen MR) is 136 cm³/mol. The highest BCUT2D eigenvalue weighted by atomic mass is 16.2. The highest BCUT2D eigenvalue weighted by Gasteiger charge is 2.24. The van der Waals surface area contributed by atoms with Gasteiger partial charge in [-0.3, -0.25) is 9.69 Å². The maximum atomic E-state index is 12.8. The van der Waals surface area contributed by atoms with Crippen LogP contribution >= 0.6 is 0 Å². The molecule has 3 aromatic carbocycles. The first-order chi connectivity index (χ1) is 16.3. The number of carbonyl (C=O) groups is 1. The van der Waals surface area contributed by atoms with Crippen LogP contribution in [0.3, 0.4) is 0 Å². The summed E-state index contributed by atoms with van der Waals surface area (Å²) in [7, 11) is 0. The van der Waals surface area contributed by atoms with Gasteiger partial charge in [-0.15, -0.1) is 0 Å². The van der Waals surface area contributed by atoms with Gasteiger partial charge in [0.1, 0.15) is 0 Å². The second-order valence-corrected chi connectivity index (χ2v) is 9.60. The van der Waals surface area contributed by atoms with Gasteiger partial charge in [0.15, 0.2) is 0 Å². The number of amides is 1. The topological polar surface area (TPSA) is 26.8 Å². The van der Waals surface area contributed by atoms with Crippen LogP contribution in [0.25, 0.3) is 10.8 Å². The van der Waals surface area contributed by atoms with E-state index >= 15 is 0 Å². The average Bonchev–Trinajstić information content (AvgIpc) is 2.89. The first-order valence-electron chi connectivity index (χ1n) is 12.5. The number of carbonyl (C=O) groups excluding carboxylic acids is 1. The molecule has 172 valence electrons. The molecule has 2 aliphatic rings. The zero-order valence-corrected chi connectivity index (χ0v) is 19.5.